The van der Waals surface area contributed by atoms with Crippen molar-refractivity contribution < 1.29 is 0 Å². The summed E-state index contributed by atoms with van der Waals surface area (Å²) in [6.45, 7) is 0. The minimum Gasteiger partial charge on any atom is -0.369 e. The van der Waals surface area contributed by atoms with Crippen LogP contribution in [-0.4, -0.2) is 24.3 Å². The van der Waals surface area contributed by atoms with Crippen LogP contribution in [0, 0.1) is 0 Å². The zero-order chi connectivity index (χ0) is 17.4. The van der Waals surface area contributed by atoms with Gasteiger partial charge >= 0.3 is 0 Å². The molecular formula is C16H20Cl2N8. The maximum absolute atomic E-state index is 5.20. The molecule has 8 nitrogen and oxygen atoms in total. The van der Waals surface area contributed by atoms with E-state index in [9.17, 15) is 0 Å². The van der Waals surface area contributed by atoms with Gasteiger partial charge in [0.05, 0.1) is 12.4 Å². The summed E-state index contributed by atoms with van der Waals surface area (Å²) in [6.07, 6.45) is 3.15. The van der Waals surface area contributed by atoms with Crippen molar-refractivity contribution in [2.24, 2.45) is 43.3 Å². The van der Waals surface area contributed by atoms with Gasteiger partial charge in [0.1, 0.15) is 0 Å². The lowest BCUT2D eigenvalue weighted by Gasteiger charge is -2.02. The molecule has 0 spiro atoms. The molecule has 0 unspecified atom stereocenters. The van der Waals surface area contributed by atoms with E-state index in [1.807, 2.05) is 48.5 Å². The smallest absolute Gasteiger partial charge is 0.211 e. The number of benzene rings is 2. The number of halogens is 2. The van der Waals surface area contributed by atoms with Gasteiger partial charge in [0.2, 0.25) is 11.9 Å². The maximum Gasteiger partial charge on any atom is 0.211 e. The average molecular weight is 395 g/mol. The molecule has 2 aromatic rings. The topological polar surface area (TPSA) is 154 Å². The van der Waals surface area contributed by atoms with E-state index in [1.54, 1.807) is 12.4 Å². The van der Waals surface area contributed by atoms with Crippen molar-refractivity contribution in [3.63, 3.8) is 0 Å². The number of guanidine groups is 2. The first kappa shape index (κ1) is 22.9. The second-order valence-corrected chi connectivity index (χ2v) is 4.78. The summed E-state index contributed by atoms with van der Waals surface area (Å²) in [5, 5.41) is 14.6. The van der Waals surface area contributed by atoms with Crippen LogP contribution in [0.3, 0.4) is 0 Å². The lowest BCUT2D eigenvalue weighted by Crippen LogP contribution is -2.21. The van der Waals surface area contributed by atoms with Gasteiger partial charge in [0, 0.05) is 0 Å². The molecule has 0 aromatic heterocycles. The summed E-state index contributed by atoms with van der Waals surface area (Å²) >= 11 is 0. The number of nitrogens with zero attached hydrogens (tertiary/aromatic N) is 4. The van der Waals surface area contributed by atoms with Crippen molar-refractivity contribution in [2.75, 3.05) is 0 Å². The van der Waals surface area contributed by atoms with Crippen molar-refractivity contribution in [3.05, 3.63) is 59.7 Å². The summed E-state index contributed by atoms with van der Waals surface area (Å²) in [5.41, 5.74) is 24.7. The van der Waals surface area contributed by atoms with E-state index >= 15 is 0 Å². The van der Waals surface area contributed by atoms with Gasteiger partial charge in [-0.2, -0.15) is 10.2 Å². The van der Waals surface area contributed by atoms with Gasteiger partial charge < -0.3 is 22.9 Å². The van der Waals surface area contributed by atoms with Gasteiger partial charge in [-0.15, -0.1) is 35.0 Å². The molecule has 0 saturated carbocycles. The molecule has 8 N–H and O–H groups in total. The Morgan fingerprint density at radius 2 is 0.885 bits per heavy atom. The molecule has 0 bridgehead atoms. The largest absolute Gasteiger partial charge is 0.369 e. The molecule has 0 aliphatic rings. The summed E-state index contributed by atoms with van der Waals surface area (Å²) in [5.74, 6) is -0.155. The van der Waals surface area contributed by atoms with E-state index in [1.165, 1.54) is 0 Å². The third-order valence-corrected chi connectivity index (χ3v) is 2.91. The second-order valence-electron chi connectivity index (χ2n) is 4.78. The predicted molar refractivity (Wildman–Crippen MR) is 113 cm³/mol. The number of nitrogens with two attached hydrogens (primary N) is 4. The Bertz CT molecular complexity index is 719. The van der Waals surface area contributed by atoms with Crippen LogP contribution in [0.15, 0.2) is 68.9 Å². The first-order valence-corrected chi connectivity index (χ1v) is 6.99. The van der Waals surface area contributed by atoms with Crippen molar-refractivity contribution in [1.82, 2.24) is 0 Å². The van der Waals surface area contributed by atoms with Crippen LogP contribution >= 0.6 is 24.8 Å². The first-order valence-electron chi connectivity index (χ1n) is 6.99. The van der Waals surface area contributed by atoms with E-state index in [2.05, 4.69) is 20.4 Å². The molecule has 0 amide bonds. The van der Waals surface area contributed by atoms with Crippen LogP contribution in [0.5, 0.6) is 0 Å². The van der Waals surface area contributed by atoms with E-state index < -0.39 is 0 Å². The molecule has 0 heterocycles. The van der Waals surface area contributed by atoms with Crippen LogP contribution in [0.4, 0.5) is 0 Å². The Morgan fingerprint density at radius 3 is 1.15 bits per heavy atom. The Labute approximate surface area is 163 Å². The van der Waals surface area contributed by atoms with Crippen molar-refractivity contribution in [3.8, 4) is 11.1 Å². The third-order valence-electron chi connectivity index (χ3n) is 2.91. The van der Waals surface area contributed by atoms with Gasteiger partial charge in [-0.3, -0.25) is 0 Å². The van der Waals surface area contributed by atoms with Crippen LogP contribution in [-0.2, 0) is 0 Å². The van der Waals surface area contributed by atoms with Crippen LogP contribution in [0.1, 0.15) is 11.1 Å². The van der Waals surface area contributed by atoms with Gasteiger partial charge in [-0.05, 0) is 22.3 Å². The molecule has 10 heteroatoms. The fraction of sp³-hybridized carbons (Fsp3) is 0. The van der Waals surface area contributed by atoms with Gasteiger partial charge in [0.25, 0.3) is 0 Å². The first-order chi connectivity index (χ1) is 11.5. The molecule has 0 aliphatic carbocycles. The molecule has 0 radical (unpaired) electrons. The highest BCUT2D eigenvalue weighted by Crippen LogP contribution is 2.19. The van der Waals surface area contributed by atoms with Crippen LogP contribution in [0.2, 0.25) is 0 Å². The SMILES string of the molecule is Cl.Cl.NC(N)=N/N=C/c1ccc(-c2ccc(/C=N/N=C(N)N)cc2)cc1. The van der Waals surface area contributed by atoms with Gasteiger partial charge in [-0.25, -0.2) is 0 Å². The summed E-state index contributed by atoms with van der Waals surface area (Å²) in [6, 6.07) is 15.6. The molecule has 0 atom stereocenters. The third kappa shape index (κ3) is 7.65. The second kappa shape index (κ2) is 11.5. The summed E-state index contributed by atoms with van der Waals surface area (Å²) < 4.78 is 0. The monoisotopic (exact) mass is 394 g/mol. The summed E-state index contributed by atoms with van der Waals surface area (Å²) in [4.78, 5) is 0. The van der Waals surface area contributed by atoms with E-state index in [-0.39, 0.29) is 36.7 Å². The molecule has 2 aromatic carbocycles. The number of hydrogen-bond acceptors (Lipinski definition) is 4. The van der Waals surface area contributed by atoms with E-state index in [0.717, 1.165) is 22.3 Å². The zero-order valence-corrected chi connectivity index (χ0v) is 15.3. The van der Waals surface area contributed by atoms with Crippen LogP contribution < -0.4 is 22.9 Å². The van der Waals surface area contributed by atoms with Crippen molar-refractivity contribution in [1.29, 1.82) is 0 Å². The fourth-order valence-electron chi connectivity index (χ4n) is 1.85. The molecule has 0 fully saturated rings. The molecule has 0 aliphatic heterocycles. The fourth-order valence-corrected chi connectivity index (χ4v) is 1.85. The Morgan fingerprint density at radius 1 is 0.577 bits per heavy atom. The molecule has 138 valence electrons. The Balaban J connectivity index is 0.00000312. The molecule has 0 saturated heterocycles. The zero-order valence-electron chi connectivity index (χ0n) is 13.7. The molecule has 2 rings (SSSR count). The van der Waals surface area contributed by atoms with Crippen LogP contribution in [0.25, 0.3) is 11.1 Å². The Kier molecular flexibility index (Phi) is 10.1. The highest BCUT2D eigenvalue weighted by Gasteiger charge is 1.98. The van der Waals surface area contributed by atoms with Gasteiger partial charge in [0.15, 0.2) is 0 Å². The van der Waals surface area contributed by atoms with E-state index in [4.69, 9.17) is 22.9 Å². The van der Waals surface area contributed by atoms with Crippen molar-refractivity contribution in [2.45, 2.75) is 0 Å². The maximum atomic E-state index is 5.20. The minimum absolute atomic E-state index is 0. The average Bonchev–Trinajstić information content (AvgIpc) is 2.56. The number of hydrogen-bond donors (Lipinski definition) is 4. The predicted octanol–water partition coefficient (Wildman–Crippen LogP) is 1.41. The highest BCUT2D eigenvalue weighted by molar-refractivity contribution is 5.86. The lowest BCUT2D eigenvalue weighted by atomic mass is 10.0. The summed E-state index contributed by atoms with van der Waals surface area (Å²) in [7, 11) is 0. The normalized spacial score (nSPS) is 10.0. The van der Waals surface area contributed by atoms with Gasteiger partial charge in [-0.1, -0.05) is 48.5 Å². The number of rotatable bonds is 5. The standard InChI is InChI=1S/C16H18N8.2ClH/c17-15(18)23-21-9-11-1-5-13(6-2-11)14-7-3-12(4-8-14)10-22-24-16(19)20;;/h1-10H,(H4,17,18,23)(H4,19,20,24);2*1H/b21-9+,22-10+;;. The van der Waals surface area contributed by atoms with E-state index in [0.29, 0.717) is 0 Å². The molecular weight excluding hydrogens is 375 g/mol. The minimum atomic E-state index is -0.0775. The Hall–Kier alpha value is -3.10. The van der Waals surface area contributed by atoms with Crippen molar-refractivity contribution >= 4 is 49.2 Å². The molecule has 26 heavy (non-hydrogen) atoms. The lowest BCUT2D eigenvalue weighted by molar-refractivity contribution is 1.21. The highest BCUT2D eigenvalue weighted by atomic mass is 35.5. The quantitative estimate of drug-likeness (QED) is 0.343.